The molecule has 1 fully saturated rings. The van der Waals surface area contributed by atoms with Gasteiger partial charge in [0.2, 0.25) is 0 Å². The third-order valence-corrected chi connectivity index (χ3v) is 4.50. The topological polar surface area (TPSA) is 48.1 Å². The van der Waals surface area contributed by atoms with E-state index in [1.54, 1.807) is 18.4 Å². The fourth-order valence-electron chi connectivity index (χ4n) is 2.34. The minimum Gasteiger partial charge on any atom is -0.378 e. The molecule has 16 heavy (non-hydrogen) atoms. The van der Waals surface area contributed by atoms with E-state index in [1.807, 2.05) is 0 Å². The minimum atomic E-state index is 0.586. The Morgan fingerprint density at radius 2 is 2.12 bits per heavy atom. The summed E-state index contributed by atoms with van der Waals surface area (Å²) in [5.41, 5.74) is 6.79. The van der Waals surface area contributed by atoms with Gasteiger partial charge in [-0.3, -0.25) is 0 Å². The van der Waals surface area contributed by atoms with E-state index in [1.165, 1.54) is 42.0 Å². The summed E-state index contributed by atoms with van der Waals surface area (Å²) in [4.78, 5) is 5.90. The summed E-state index contributed by atoms with van der Waals surface area (Å²) in [5, 5.41) is 1.28. The quantitative estimate of drug-likeness (QED) is 0.880. The van der Waals surface area contributed by atoms with Crippen LogP contribution in [0.25, 0.3) is 0 Å². The van der Waals surface area contributed by atoms with E-state index in [2.05, 4.69) is 0 Å². The first kappa shape index (κ1) is 12.0. The SMILES string of the molecule is COCc1nc(C2CCCCC2)sc1CN. The maximum Gasteiger partial charge on any atom is 0.0963 e. The lowest BCUT2D eigenvalue weighted by Crippen LogP contribution is -2.04. The Bertz CT molecular complexity index is 332. The second-order valence-electron chi connectivity index (χ2n) is 4.39. The van der Waals surface area contributed by atoms with Crippen molar-refractivity contribution in [3.05, 3.63) is 15.6 Å². The van der Waals surface area contributed by atoms with Crippen molar-refractivity contribution >= 4 is 11.3 Å². The Morgan fingerprint density at radius 1 is 1.38 bits per heavy atom. The molecule has 1 aliphatic rings. The van der Waals surface area contributed by atoms with Crippen molar-refractivity contribution < 1.29 is 4.74 Å². The number of aromatic nitrogens is 1. The molecule has 0 saturated heterocycles. The highest BCUT2D eigenvalue weighted by molar-refractivity contribution is 7.11. The highest BCUT2D eigenvalue weighted by atomic mass is 32.1. The number of hydrogen-bond donors (Lipinski definition) is 1. The normalized spacial score (nSPS) is 17.9. The molecule has 2 N–H and O–H groups in total. The van der Waals surface area contributed by atoms with Crippen LogP contribution in [0.2, 0.25) is 0 Å². The van der Waals surface area contributed by atoms with E-state index in [0.29, 0.717) is 19.1 Å². The average Bonchev–Trinajstić information content (AvgIpc) is 2.74. The van der Waals surface area contributed by atoms with Crippen molar-refractivity contribution in [2.75, 3.05) is 7.11 Å². The molecule has 0 aromatic carbocycles. The van der Waals surface area contributed by atoms with Gasteiger partial charge in [-0.25, -0.2) is 4.98 Å². The van der Waals surface area contributed by atoms with Crippen molar-refractivity contribution in [1.82, 2.24) is 4.98 Å². The van der Waals surface area contributed by atoms with Crippen molar-refractivity contribution in [3.63, 3.8) is 0 Å². The zero-order valence-corrected chi connectivity index (χ0v) is 10.7. The molecule has 0 atom stereocenters. The van der Waals surface area contributed by atoms with E-state index in [0.717, 1.165) is 5.69 Å². The van der Waals surface area contributed by atoms with Crippen molar-refractivity contribution in [2.24, 2.45) is 5.73 Å². The fraction of sp³-hybridized carbons (Fsp3) is 0.750. The second kappa shape index (κ2) is 5.75. The molecule has 1 aromatic rings. The summed E-state index contributed by atoms with van der Waals surface area (Å²) in [7, 11) is 1.71. The van der Waals surface area contributed by atoms with Crippen molar-refractivity contribution in [1.29, 1.82) is 0 Å². The van der Waals surface area contributed by atoms with Gasteiger partial charge >= 0.3 is 0 Å². The Labute approximate surface area is 101 Å². The average molecular weight is 240 g/mol. The maximum atomic E-state index is 5.74. The standard InChI is InChI=1S/C12H20N2OS/c1-15-8-10-11(7-13)16-12(14-10)9-5-3-2-4-6-9/h9H,2-8,13H2,1H3. The van der Waals surface area contributed by atoms with E-state index < -0.39 is 0 Å². The van der Waals surface area contributed by atoms with E-state index in [9.17, 15) is 0 Å². The van der Waals surface area contributed by atoms with Crippen LogP contribution in [0.3, 0.4) is 0 Å². The minimum absolute atomic E-state index is 0.586. The summed E-state index contributed by atoms with van der Waals surface area (Å²) in [6, 6.07) is 0. The molecule has 1 saturated carbocycles. The zero-order valence-electron chi connectivity index (χ0n) is 9.87. The van der Waals surface area contributed by atoms with Crippen LogP contribution in [0, 0.1) is 0 Å². The number of ether oxygens (including phenoxy) is 1. The molecule has 90 valence electrons. The van der Waals surface area contributed by atoms with Gasteiger partial charge in [0.25, 0.3) is 0 Å². The molecule has 1 heterocycles. The molecule has 0 unspecified atom stereocenters. The second-order valence-corrected chi connectivity index (χ2v) is 5.51. The van der Waals surface area contributed by atoms with Gasteiger partial charge in [0, 0.05) is 24.4 Å². The smallest absolute Gasteiger partial charge is 0.0963 e. The number of nitrogens with two attached hydrogens (primary N) is 1. The van der Waals surface area contributed by atoms with Gasteiger partial charge in [-0.1, -0.05) is 19.3 Å². The van der Waals surface area contributed by atoms with Gasteiger partial charge in [0.1, 0.15) is 0 Å². The van der Waals surface area contributed by atoms with Gasteiger partial charge in [-0.2, -0.15) is 0 Å². The number of methoxy groups -OCH3 is 1. The van der Waals surface area contributed by atoms with Crippen LogP contribution in [0.1, 0.15) is 53.6 Å². The zero-order chi connectivity index (χ0) is 11.4. The maximum absolute atomic E-state index is 5.74. The van der Waals surface area contributed by atoms with Crippen LogP contribution in [0.5, 0.6) is 0 Å². The van der Waals surface area contributed by atoms with Crippen LogP contribution < -0.4 is 5.73 Å². The van der Waals surface area contributed by atoms with E-state index in [4.69, 9.17) is 15.5 Å². The number of rotatable bonds is 4. The van der Waals surface area contributed by atoms with Gasteiger partial charge in [0.05, 0.1) is 17.3 Å². The third kappa shape index (κ3) is 2.62. The fourth-order valence-corrected chi connectivity index (χ4v) is 3.45. The Balaban J connectivity index is 2.14. The van der Waals surface area contributed by atoms with Gasteiger partial charge < -0.3 is 10.5 Å². The molecule has 0 bridgehead atoms. The van der Waals surface area contributed by atoms with Crippen LogP contribution >= 0.6 is 11.3 Å². The molecule has 4 heteroatoms. The molecule has 0 radical (unpaired) electrons. The molecular formula is C12H20N2OS. The van der Waals surface area contributed by atoms with Gasteiger partial charge in [-0.15, -0.1) is 11.3 Å². The number of hydrogen-bond acceptors (Lipinski definition) is 4. The Morgan fingerprint density at radius 3 is 2.75 bits per heavy atom. The summed E-state index contributed by atoms with van der Waals surface area (Å²) >= 11 is 1.79. The molecule has 3 nitrogen and oxygen atoms in total. The summed E-state index contributed by atoms with van der Waals surface area (Å²) in [6.45, 7) is 1.18. The lowest BCUT2D eigenvalue weighted by Gasteiger charge is -2.18. The van der Waals surface area contributed by atoms with Gasteiger partial charge in [0.15, 0.2) is 0 Å². The molecule has 1 aromatic heterocycles. The molecule has 1 aliphatic carbocycles. The van der Waals surface area contributed by atoms with Crippen LogP contribution in [-0.4, -0.2) is 12.1 Å². The molecule has 0 aliphatic heterocycles. The summed E-state index contributed by atoms with van der Waals surface area (Å²) in [6.07, 6.45) is 6.67. The van der Waals surface area contributed by atoms with E-state index >= 15 is 0 Å². The van der Waals surface area contributed by atoms with E-state index in [-0.39, 0.29) is 0 Å². The predicted octanol–water partition coefficient (Wildman–Crippen LogP) is 2.80. The van der Waals surface area contributed by atoms with Crippen LogP contribution in [-0.2, 0) is 17.9 Å². The molecule has 0 amide bonds. The van der Waals surface area contributed by atoms with Crippen molar-refractivity contribution in [2.45, 2.75) is 51.2 Å². The van der Waals surface area contributed by atoms with Crippen molar-refractivity contribution in [3.8, 4) is 0 Å². The lowest BCUT2D eigenvalue weighted by molar-refractivity contribution is 0.181. The largest absolute Gasteiger partial charge is 0.378 e. The van der Waals surface area contributed by atoms with Gasteiger partial charge in [-0.05, 0) is 12.8 Å². The highest BCUT2D eigenvalue weighted by Crippen LogP contribution is 2.35. The van der Waals surface area contributed by atoms with Crippen LogP contribution in [0.15, 0.2) is 0 Å². The predicted molar refractivity (Wildman–Crippen MR) is 66.5 cm³/mol. The summed E-state index contributed by atoms with van der Waals surface area (Å²) in [5.74, 6) is 0.676. The molecule has 0 spiro atoms. The molecule has 2 rings (SSSR count). The first-order chi connectivity index (χ1) is 7.85. The highest BCUT2D eigenvalue weighted by Gasteiger charge is 2.20. The monoisotopic (exact) mass is 240 g/mol. The van der Waals surface area contributed by atoms with Crippen LogP contribution in [0.4, 0.5) is 0 Å². The number of thiazole rings is 1. The Hall–Kier alpha value is -0.450. The third-order valence-electron chi connectivity index (χ3n) is 3.22. The lowest BCUT2D eigenvalue weighted by atomic mass is 9.90. The number of nitrogens with zero attached hydrogens (tertiary/aromatic N) is 1. The first-order valence-electron chi connectivity index (χ1n) is 6.02. The first-order valence-corrected chi connectivity index (χ1v) is 6.84. The summed E-state index contributed by atoms with van der Waals surface area (Å²) < 4.78 is 5.16. The Kier molecular flexibility index (Phi) is 4.32. The molecular weight excluding hydrogens is 220 g/mol.